The third kappa shape index (κ3) is 2.39. The molecule has 0 aliphatic carbocycles. The summed E-state index contributed by atoms with van der Waals surface area (Å²) in [5, 5.41) is 0. The van der Waals surface area contributed by atoms with E-state index in [1.165, 1.54) is 0 Å². The first kappa shape index (κ1) is 4.39. The number of hydrogen-bond acceptors (Lipinski definition) is 1. The molecule has 0 amide bonds. The first-order valence-electron chi connectivity index (χ1n) is 1.11. The standard InChI is InChI=1S/C2H7OP/c1-3-2-4/h2,4H2,1H3. The van der Waals surface area contributed by atoms with Crippen molar-refractivity contribution >= 4 is 9.24 Å². The van der Waals surface area contributed by atoms with Crippen molar-refractivity contribution in [1.82, 2.24) is 0 Å². The molecule has 0 spiro atoms. The summed E-state index contributed by atoms with van der Waals surface area (Å²) < 4.78 is 4.50. The van der Waals surface area contributed by atoms with E-state index in [1.54, 1.807) is 7.11 Å². The Morgan fingerprint density at radius 2 is 2.25 bits per heavy atom. The molecule has 1 atom stereocenters. The van der Waals surface area contributed by atoms with Gasteiger partial charge in [-0.3, -0.25) is 0 Å². The lowest BCUT2D eigenvalue weighted by atomic mass is 11.5. The Labute approximate surface area is 28.5 Å². The molecule has 4 heavy (non-hydrogen) atoms. The molecule has 0 heterocycles. The fraction of sp³-hybridized carbons (Fsp3) is 1.00. The van der Waals surface area contributed by atoms with E-state index in [9.17, 15) is 0 Å². The molecule has 1 nitrogen and oxygen atoms in total. The zero-order chi connectivity index (χ0) is 3.41. The number of methoxy groups -OCH3 is 1. The van der Waals surface area contributed by atoms with E-state index in [1.807, 2.05) is 0 Å². The van der Waals surface area contributed by atoms with Crippen LogP contribution in [0.4, 0.5) is 0 Å². The Morgan fingerprint density at radius 3 is 2.25 bits per heavy atom. The van der Waals surface area contributed by atoms with Crippen LogP contribution in [0.2, 0.25) is 0 Å². The van der Waals surface area contributed by atoms with E-state index in [4.69, 9.17) is 0 Å². The molecule has 0 bridgehead atoms. The van der Waals surface area contributed by atoms with Gasteiger partial charge in [0.05, 0.1) is 6.35 Å². The molecule has 0 N–H and O–H groups in total. The molecule has 0 fully saturated rings. The summed E-state index contributed by atoms with van der Waals surface area (Å²) in [5.74, 6) is 0. The van der Waals surface area contributed by atoms with Crippen LogP contribution in [0.25, 0.3) is 0 Å². The van der Waals surface area contributed by atoms with Crippen LogP contribution in [0.15, 0.2) is 0 Å². The first-order valence-corrected chi connectivity index (χ1v) is 1.92. The molecule has 0 aromatic heterocycles. The lowest BCUT2D eigenvalue weighted by Crippen LogP contribution is -1.67. The predicted octanol–water partition coefficient (Wildman–Crippen LogP) is 0.465. The Kier molecular flexibility index (Phi) is 3.72. The normalized spacial score (nSPS) is 7.50. The first-order chi connectivity index (χ1) is 1.91. The second-order valence-corrected chi connectivity index (χ2v) is 0.789. The molecule has 0 aliphatic heterocycles. The van der Waals surface area contributed by atoms with Gasteiger partial charge in [-0.1, -0.05) is 0 Å². The molecule has 0 aliphatic rings. The average Bonchev–Trinajstić information content (AvgIpc) is 1.37. The minimum Gasteiger partial charge on any atom is -0.381 e. The summed E-state index contributed by atoms with van der Waals surface area (Å²) >= 11 is 0. The van der Waals surface area contributed by atoms with Crippen molar-refractivity contribution in [2.45, 2.75) is 0 Å². The SMILES string of the molecule is COCP. The van der Waals surface area contributed by atoms with Crippen LogP contribution in [-0.4, -0.2) is 13.5 Å². The maximum atomic E-state index is 4.50. The van der Waals surface area contributed by atoms with Gasteiger partial charge in [0.1, 0.15) is 0 Å². The monoisotopic (exact) mass is 78.0 g/mol. The van der Waals surface area contributed by atoms with Crippen LogP contribution >= 0.6 is 9.24 Å². The summed E-state index contributed by atoms with van der Waals surface area (Å²) in [6.07, 6.45) is 0.736. The number of ether oxygens (including phenoxy) is 1. The quantitative estimate of drug-likeness (QED) is 0.414. The van der Waals surface area contributed by atoms with E-state index in [-0.39, 0.29) is 0 Å². The van der Waals surface area contributed by atoms with Gasteiger partial charge in [0, 0.05) is 7.11 Å². The summed E-state index contributed by atoms with van der Waals surface area (Å²) in [6, 6.07) is 0. The Balaban J connectivity index is 1.97. The number of hydrogen-bond donors (Lipinski definition) is 0. The Morgan fingerprint density at radius 1 is 2.00 bits per heavy atom. The molecule has 0 radical (unpaired) electrons. The van der Waals surface area contributed by atoms with Crippen LogP contribution < -0.4 is 0 Å². The van der Waals surface area contributed by atoms with Crippen molar-refractivity contribution in [3.8, 4) is 0 Å². The maximum Gasteiger partial charge on any atom is 0.0598 e. The second-order valence-electron chi connectivity index (χ2n) is 0.455. The van der Waals surface area contributed by atoms with Gasteiger partial charge in [0.2, 0.25) is 0 Å². The van der Waals surface area contributed by atoms with Gasteiger partial charge in [0.15, 0.2) is 0 Å². The van der Waals surface area contributed by atoms with Crippen LogP contribution in [0, 0.1) is 0 Å². The molecule has 0 aromatic rings. The minimum atomic E-state index is 0.736. The average molecular weight is 78.1 g/mol. The van der Waals surface area contributed by atoms with Crippen molar-refractivity contribution < 1.29 is 4.74 Å². The van der Waals surface area contributed by atoms with E-state index < -0.39 is 0 Å². The largest absolute Gasteiger partial charge is 0.381 e. The third-order valence-corrected chi connectivity index (χ3v) is 0.500. The Bertz CT molecular complexity index is 8.00. The van der Waals surface area contributed by atoms with E-state index >= 15 is 0 Å². The fourth-order valence-electron chi connectivity index (χ4n) is 0. The van der Waals surface area contributed by atoms with Crippen LogP contribution in [-0.2, 0) is 4.74 Å². The highest BCUT2D eigenvalue weighted by Crippen LogP contribution is 1.73. The summed E-state index contributed by atoms with van der Waals surface area (Å²) in [7, 11) is 4.09. The van der Waals surface area contributed by atoms with Crippen molar-refractivity contribution in [1.29, 1.82) is 0 Å². The molecule has 26 valence electrons. The van der Waals surface area contributed by atoms with E-state index in [0.29, 0.717) is 0 Å². The molecule has 0 rings (SSSR count). The zero-order valence-electron chi connectivity index (χ0n) is 2.69. The molecule has 0 saturated heterocycles. The molecule has 2 heteroatoms. The van der Waals surface area contributed by atoms with Crippen molar-refractivity contribution in [3.63, 3.8) is 0 Å². The van der Waals surface area contributed by atoms with Gasteiger partial charge in [-0.2, -0.15) is 0 Å². The summed E-state index contributed by atoms with van der Waals surface area (Å²) in [6.45, 7) is 0. The van der Waals surface area contributed by atoms with E-state index in [2.05, 4.69) is 14.0 Å². The van der Waals surface area contributed by atoms with Crippen LogP contribution in [0.3, 0.4) is 0 Å². The summed E-state index contributed by atoms with van der Waals surface area (Å²) in [5.41, 5.74) is 0. The number of rotatable bonds is 1. The third-order valence-electron chi connectivity index (χ3n) is 0.167. The van der Waals surface area contributed by atoms with Crippen LogP contribution in [0.1, 0.15) is 0 Å². The van der Waals surface area contributed by atoms with Crippen molar-refractivity contribution in [2.24, 2.45) is 0 Å². The van der Waals surface area contributed by atoms with Gasteiger partial charge in [0.25, 0.3) is 0 Å². The van der Waals surface area contributed by atoms with Crippen molar-refractivity contribution in [3.05, 3.63) is 0 Å². The highest BCUT2D eigenvalue weighted by atomic mass is 31.0. The topological polar surface area (TPSA) is 9.23 Å². The second kappa shape index (κ2) is 3.39. The zero-order valence-corrected chi connectivity index (χ0v) is 3.85. The van der Waals surface area contributed by atoms with Gasteiger partial charge in [-0.15, -0.1) is 9.24 Å². The van der Waals surface area contributed by atoms with Gasteiger partial charge < -0.3 is 4.74 Å². The molecular formula is C2H7OP. The highest BCUT2D eigenvalue weighted by molar-refractivity contribution is 7.16. The fourth-order valence-corrected chi connectivity index (χ4v) is 0. The van der Waals surface area contributed by atoms with Gasteiger partial charge in [-0.25, -0.2) is 0 Å². The lowest BCUT2D eigenvalue weighted by Gasteiger charge is -1.76. The van der Waals surface area contributed by atoms with E-state index in [0.717, 1.165) is 6.35 Å². The molecule has 0 saturated carbocycles. The maximum absolute atomic E-state index is 4.50. The highest BCUT2D eigenvalue weighted by Gasteiger charge is 1.51. The lowest BCUT2D eigenvalue weighted by molar-refractivity contribution is 0.258. The smallest absolute Gasteiger partial charge is 0.0598 e. The molecular weight excluding hydrogens is 71.0 g/mol. The van der Waals surface area contributed by atoms with Gasteiger partial charge >= 0.3 is 0 Å². The molecule has 0 aromatic carbocycles. The van der Waals surface area contributed by atoms with Crippen LogP contribution in [0.5, 0.6) is 0 Å². The minimum absolute atomic E-state index is 0.736. The van der Waals surface area contributed by atoms with Crippen molar-refractivity contribution in [2.75, 3.05) is 13.5 Å². The Hall–Kier alpha value is 0.390. The summed E-state index contributed by atoms with van der Waals surface area (Å²) in [4.78, 5) is 0. The molecule has 1 unspecified atom stereocenters. The van der Waals surface area contributed by atoms with Gasteiger partial charge in [-0.05, 0) is 0 Å². The predicted molar refractivity (Wildman–Crippen MR) is 21.6 cm³/mol.